The minimum atomic E-state index is -0.518. The minimum absolute atomic E-state index is 0.0874. The molecule has 10 nitrogen and oxygen atoms in total. The van der Waals surface area contributed by atoms with Crippen molar-refractivity contribution in [1.82, 2.24) is 34.8 Å². The van der Waals surface area contributed by atoms with Crippen LogP contribution in [0.1, 0.15) is 10.5 Å². The maximum atomic E-state index is 12.5. The van der Waals surface area contributed by atoms with Crippen molar-refractivity contribution in [2.45, 2.75) is 0 Å². The first-order valence-electron chi connectivity index (χ1n) is 6.68. The van der Waals surface area contributed by atoms with Crippen molar-refractivity contribution in [2.75, 3.05) is 5.32 Å². The number of hydrogen-bond donors (Lipinski definition) is 2. The maximum absolute atomic E-state index is 12.5. The number of anilines is 1. The number of aryl methyl sites for hydroxylation is 1. The molecule has 4 aromatic rings. The Kier molecular flexibility index (Phi) is 2.70. The van der Waals surface area contributed by atoms with E-state index >= 15 is 0 Å². The van der Waals surface area contributed by atoms with Gasteiger partial charge >= 0.3 is 0 Å². The van der Waals surface area contributed by atoms with Gasteiger partial charge < -0.3 is 4.57 Å². The fraction of sp³-hybridized carbons (Fsp3) is 0.0769. The van der Waals surface area contributed by atoms with Crippen LogP contribution in [0.5, 0.6) is 0 Å². The molecule has 0 aliphatic carbocycles. The molecule has 10 heteroatoms. The maximum Gasteiger partial charge on any atom is 0.282 e. The molecular formula is C13H10N8O2. The van der Waals surface area contributed by atoms with Gasteiger partial charge in [0.05, 0.1) is 10.9 Å². The predicted molar refractivity (Wildman–Crippen MR) is 80.1 cm³/mol. The summed E-state index contributed by atoms with van der Waals surface area (Å²) in [5.74, 6) is -0.417. The van der Waals surface area contributed by atoms with Crippen LogP contribution in [0.4, 0.5) is 5.95 Å². The smallest absolute Gasteiger partial charge is 0.282 e. The van der Waals surface area contributed by atoms with E-state index in [2.05, 4.69) is 31.0 Å². The van der Waals surface area contributed by atoms with Gasteiger partial charge in [0.1, 0.15) is 5.65 Å². The van der Waals surface area contributed by atoms with Crippen LogP contribution in [-0.4, -0.2) is 40.7 Å². The van der Waals surface area contributed by atoms with E-state index in [-0.39, 0.29) is 17.2 Å². The van der Waals surface area contributed by atoms with Gasteiger partial charge in [0, 0.05) is 13.1 Å². The van der Waals surface area contributed by atoms with Gasteiger partial charge in [0.15, 0.2) is 5.69 Å². The first-order valence-corrected chi connectivity index (χ1v) is 6.68. The van der Waals surface area contributed by atoms with Gasteiger partial charge in [-0.1, -0.05) is 17.2 Å². The van der Waals surface area contributed by atoms with Crippen LogP contribution in [-0.2, 0) is 7.05 Å². The van der Waals surface area contributed by atoms with Crippen LogP contribution < -0.4 is 10.9 Å². The summed E-state index contributed by atoms with van der Waals surface area (Å²) in [6.45, 7) is 0. The summed E-state index contributed by atoms with van der Waals surface area (Å²) in [6, 6.07) is 8.72. The molecule has 4 rings (SSSR count). The predicted octanol–water partition coefficient (Wildman–Crippen LogP) is -0.0484. The lowest BCUT2D eigenvalue weighted by molar-refractivity contribution is 0.102. The van der Waals surface area contributed by atoms with Gasteiger partial charge in [-0.3, -0.25) is 14.9 Å². The second kappa shape index (κ2) is 4.73. The van der Waals surface area contributed by atoms with Crippen molar-refractivity contribution in [2.24, 2.45) is 7.05 Å². The number of para-hydroxylation sites is 1. The lowest BCUT2D eigenvalue weighted by Gasteiger charge is -2.06. The van der Waals surface area contributed by atoms with E-state index in [9.17, 15) is 9.59 Å². The highest BCUT2D eigenvalue weighted by Gasteiger charge is 2.16. The molecule has 1 amide bonds. The molecule has 114 valence electrons. The number of amides is 1. The van der Waals surface area contributed by atoms with Crippen LogP contribution in [0.3, 0.4) is 0 Å². The quantitative estimate of drug-likeness (QED) is 0.535. The van der Waals surface area contributed by atoms with Crippen molar-refractivity contribution in [3.63, 3.8) is 0 Å². The molecule has 0 radical (unpaired) electrons. The van der Waals surface area contributed by atoms with E-state index in [1.807, 2.05) is 12.1 Å². The molecule has 2 N–H and O–H groups in total. The number of nitrogens with zero attached hydrogens (tertiary/aromatic N) is 6. The third-order valence-corrected chi connectivity index (χ3v) is 3.53. The van der Waals surface area contributed by atoms with E-state index in [4.69, 9.17) is 0 Å². The average molecular weight is 310 g/mol. The molecule has 0 aliphatic rings. The number of tetrazole rings is 1. The van der Waals surface area contributed by atoms with Gasteiger partial charge in [0.25, 0.3) is 11.5 Å². The van der Waals surface area contributed by atoms with Crippen molar-refractivity contribution >= 4 is 28.4 Å². The van der Waals surface area contributed by atoms with Gasteiger partial charge in [-0.2, -0.15) is 9.61 Å². The molecule has 0 spiro atoms. The van der Waals surface area contributed by atoms with Gasteiger partial charge in [-0.25, -0.2) is 5.10 Å². The summed E-state index contributed by atoms with van der Waals surface area (Å²) in [7, 11) is 1.81. The van der Waals surface area contributed by atoms with E-state index < -0.39 is 5.91 Å². The number of carbonyl (C=O) groups excluding carboxylic acids is 1. The van der Waals surface area contributed by atoms with E-state index in [0.29, 0.717) is 11.0 Å². The first-order chi connectivity index (χ1) is 11.1. The van der Waals surface area contributed by atoms with Crippen molar-refractivity contribution < 1.29 is 4.79 Å². The third-order valence-electron chi connectivity index (χ3n) is 3.53. The van der Waals surface area contributed by atoms with Gasteiger partial charge in [-0.15, -0.1) is 0 Å². The third kappa shape index (κ3) is 1.96. The molecular weight excluding hydrogens is 300 g/mol. The Balaban J connectivity index is 1.89. The van der Waals surface area contributed by atoms with Crippen molar-refractivity contribution in [3.05, 3.63) is 46.4 Å². The fourth-order valence-corrected chi connectivity index (χ4v) is 2.44. The number of H-pyrrole nitrogens is 1. The highest BCUT2D eigenvalue weighted by Crippen LogP contribution is 2.13. The van der Waals surface area contributed by atoms with Crippen LogP contribution in [0.15, 0.2) is 35.1 Å². The van der Waals surface area contributed by atoms with Crippen LogP contribution in [0.2, 0.25) is 0 Å². The molecule has 0 aliphatic heterocycles. The van der Waals surface area contributed by atoms with E-state index in [1.165, 1.54) is 10.6 Å². The Bertz CT molecular complexity index is 1090. The van der Waals surface area contributed by atoms with Crippen LogP contribution in [0.25, 0.3) is 16.6 Å². The summed E-state index contributed by atoms with van der Waals surface area (Å²) in [5.41, 5.74) is 1.07. The second-order valence-corrected chi connectivity index (χ2v) is 4.88. The zero-order valence-corrected chi connectivity index (χ0v) is 11.9. The standard InChI is InChI=1S/C13H10N8O2/c1-20-9-5-3-2-4-7(9)12(23)21-10(20)6-8(17-21)11(22)14-13-15-18-19-16-13/h2-6H,1H3,(H2,14,15,16,18,19,22). The number of fused-ring (bicyclic) bond motifs is 2. The highest BCUT2D eigenvalue weighted by molar-refractivity contribution is 6.02. The molecule has 0 bridgehead atoms. The second-order valence-electron chi connectivity index (χ2n) is 4.88. The molecule has 0 saturated heterocycles. The summed E-state index contributed by atoms with van der Waals surface area (Å²) in [5, 5.41) is 19.8. The number of nitrogens with one attached hydrogen (secondary N) is 2. The number of aromatic amines is 1. The molecule has 3 aromatic heterocycles. The fourth-order valence-electron chi connectivity index (χ4n) is 2.44. The summed E-state index contributed by atoms with van der Waals surface area (Å²) in [6.07, 6.45) is 0. The molecule has 1 aromatic carbocycles. The SMILES string of the molecule is Cn1c2ccccc2c(=O)n2nc(C(=O)Nc3nnn[nH]3)cc12. The van der Waals surface area contributed by atoms with Crippen LogP contribution >= 0.6 is 0 Å². The average Bonchev–Trinajstić information content (AvgIpc) is 3.22. The molecule has 0 saturated carbocycles. The Morgan fingerprint density at radius 2 is 2.13 bits per heavy atom. The molecule has 23 heavy (non-hydrogen) atoms. The van der Waals surface area contributed by atoms with Crippen molar-refractivity contribution in [1.29, 1.82) is 0 Å². The number of hydrogen-bond acceptors (Lipinski definition) is 6. The molecule has 3 heterocycles. The molecule has 0 fully saturated rings. The highest BCUT2D eigenvalue weighted by atomic mass is 16.2. The normalized spacial score (nSPS) is 11.2. The lowest BCUT2D eigenvalue weighted by atomic mass is 10.2. The zero-order valence-electron chi connectivity index (χ0n) is 11.9. The number of benzene rings is 1. The van der Waals surface area contributed by atoms with Crippen molar-refractivity contribution in [3.8, 4) is 0 Å². The Hall–Kier alpha value is -3.56. The van der Waals surface area contributed by atoms with E-state index in [0.717, 1.165) is 5.52 Å². The minimum Gasteiger partial charge on any atom is -0.328 e. The largest absolute Gasteiger partial charge is 0.328 e. The van der Waals surface area contributed by atoms with Gasteiger partial charge in [-0.05, 0) is 22.6 Å². The van der Waals surface area contributed by atoms with Crippen LogP contribution in [0, 0.1) is 0 Å². The Morgan fingerprint density at radius 3 is 2.91 bits per heavy atom. The van der Waals surface area contributed by atoms with E-state index in [1.54, 1.807) is 23.7 Å². The summed E-state index contributed by atoms with van der Waals surface area (Å²) < 4.78 is 3.01. The number of aromatic nitrogens is 7. The zero-order chi connectivity index (χ0) is 16.0. The monoisotopic (exact) mass is 310 g/mol. The topological polar surface area (TPSA) is 123 Å². The Morgan fingerprint density at radius 1 is 1.30 bits per heavy atom. The first kappa shape index (κ1) is 13.1. The lowest BCUT2D eigenvalue weighted by Crippen LogP contribution is -2.19. The summed E-state index contributed by atoms with van der Waals surface area (Å²) >= 11 is 0. The Labute approximate surface area is 127 Å². The summed E-state index contributed by atoms with van der Waals surface area (Å²) in [4.78, 5) is 24.7. The molecule has 0 atom stereocenters. The van der Waals surface area contributed by atoms with Gasteiger partial charge in [0.2, 0.25) is 5.95 Å². The molecule has 0 unspecified atom stereocenters. The number of rotatable bonds is 2. The number of carbonyl (C=O) groups is 1.